The Morgan fingerprint density at radius 3 is 2.92 bits per heavy atom. The average molecular weight is 181 g/mol. The van der Waals surface area contributed by atoms with Gasteiger partial charge < -0.3 is 15.1 Å². The number of nitrogens with zero attached hydrogens (tertiary/aromatic N) is 2. The van der Waals surface area contributed by atoms with Crippen LogP contribution in [0.4, 0.5) is 6.01 Å². The summed E-state index contributed by atoms with van der Waals surface area (Å²) in [7, 11) is 1.90. The standard InChI is InChI=1S/C9H15N3O/c1-7(2)5-12(3)9-11-8(4-10)6-13-9/h6H,1,4-5,10H2,2-3H3. The first kappa shape index (κ1) is 9.80. The van der Waals surface area contributed by atoms with Gasteiger partial charge in [-0.15, -0.1) is 0 Å². The van der Waals surface area contributed by atoms with Crippen LogP contribution in [0.25, 0.3) is 0 Å². The molecule has 0 aromatic carbocycles. The van der Waals surface area contributed by atoms with E-state index in [1.54, 1.807) is 6.26 Å². The van der Waals surface area contributed by atoms with Gasteiger partial charge in [0.1, 0.15) is 6.26 Å². The Morgan fingerprint density at radius 2 is 2.46 bits per heavy atom. The predicted molar refractivity (Wildman–Crippen MR) is 52.5 cm³/mol. The van der Waals surface area contributed by atoms with Crippen molar-refractivity contribution in [2.45, 2.75) is 13.5 Å². The fourth-order valence-corrected chi connectivity index (χ4v) is 1.04. The fraction of sp³-hybridized carbons (Fsp3) is 0.444. The van der Waals surface area contributed by atoms with Gasteiger partial charge in [0.25, 0.3) is 6.01 Å². The van der Waals surface area contributed by atoms with Crippen molar-refractivity contribution in [1.29, 1.82) is 0 Å². The molecule has 4 nitrogen and oxygen atoms in total. The number of hydrogen-bond donors (Lipinski definition) is 1. The second-order valence-electron chi connectivity index (χ2n) is 3.14. The third-order valence-electron chi connectivity index (χ3n) is 1.58. The van der Waals surface area contributed by atoms with Crippen LogP contribution < -0.4 is 10.6 Å². The van der Waals surface area contributed by atoms with Crippen LogP contribution in [0, 0.1) is 0 Å². The molecule has 0 aliphatic heterocycles. The van der Waals surface area contributed by atoms with E-state index in [1.165, 1.54) is 0 Å². The van der Waals surface area contributed by atoms with E-state index in [2.05, 4.69) is 11.6 Å². The molecule has 0 radical (unpaired) electrons. The van der Waals surface area contributed by atoms with Crippen molar-refractivity contribution in [2.24, 2.45) is 5.73 Å². The molecule has 1 heterocycles. The molecule has 0 aliphatic carbocycles. The van der Waals surface area contributed by atoms with Crippen molar-refractivity contribution in [1.82, 2.24) is 4.98 Å². The van der Waals surface area contributed by atoms with Gasteiger partial charge in [-0.1, -0.05) is 12.2 Å². The number of rotatable bonds is 4. The first-order valence-electron chi connectivity index (χ1n) is 4.13. The molecule has 0 amide bonds. The molecule has 0 atom stereocenters. The zero-order valence-corrected chi connectivity index (χ0v) is 8.08. The normalized spacial score (nSPS) is 10.1. The molecule has 0 fully saturated rings. The van der Waals surface area contributed by atoms with E-state index in [0.29, 0.717) is 12.6 Å². The highest BCUT2D eigenvalue weighted by molar-refractivity contribution is 5.27. The molecule has 1 aromatic heterocycles. The van der Waals surface area contributed by atoms with Gasteiger partial charge in [-0.05, 0) is 6.92 Å². The highest BCUT2D eigenvalue weighted by Gasteiger charge is 2.07. The molecule has 0 saturated heterocycles. The minimum Gasteiger partial charge on any atom is -0.432 e. The lowest BCUT2D eigenvalue weighted by Gasteiger charge is -2.13. The third kappa shape index (κ3) is 2.59. The van der Waals surface area contributed by atoms with Crippen LogP contribution in [0.15, 0.2) is 22.8 Å². The molecule has 0 bridgehead atoms. The lowest BCUT2D eigenvalue weighted by atomic mass is 10.3. The van der Waals surface area contributed by atoms with Crippen LogP contribution in [0.3, 0.4) is 0 Å². The van der Waals surface area contributed by atoms with E-state index in [0.717, 1.165) is 17.8 Å². The lowest BCUT2D eigenvalue weighted by molar-refractivity contribution is 0.549. The first-order chi connectivity index (χ1) is 6.13. The Hall–Kier alpha value is -1.29. The summed E-state index contributed by atoms with van der Waals surface area (Å²) in [5, 5.41) is 0. The van der Waals surface area contributed by atoms with Gasteiger partial charge in [0.2, 0.25) is 0 Å². The molecular formula is C9H15N3O. The Balaban J connectivity index is 2.65. The molecule has 0 unspecified atom stereocenters. The number of oxazole rings is 1. The minimum atomic E-state index is 0.407. The maximum Gasteiger partial charge on any atom is 0.297 e. The Labute approximate surface area is 78.0 Å². The average Bonchev–Trinajstić information content (AvgIpc) is 2.50. The van der Waals surface area contributed by atoms with E-state index < -0.39 is 0 Å². The molecule has 0 spiro atoms. The van der Waals surface area contributed by atoms with Crippen molar-refractivity contribution < 1.29 is 4.42 Å². The van der Waals surface area contributed by atoms with Crippen LogP contribution >= 0.6 is 0 Å². The second-order valence-corrected chi connectivity index (χ2v) is 3.14. The first-order valence-corrected chi connectivity index (χ1v) is 4.13. The zero-order valence-electron chi connectivity index (χ0n) is 8.08. The molecule has 0 saturated carbocycles. The van der Waals surface area contributed by atoms with Crippen molar-refractivity contribution >= 4 is 6.01 Å². The maximum atomic E-state index is 5.41. The predicted octanol–water partition coefficient (Wildman–Crippen LogP) is 1.15. The van der Waals surface area contributed by atoms with E-state index in [-0.39, 0.29) is 0 Å². The van der Waals surface area contributed by atoms with Gasteiger partial charge in [-0.3, -0.25) is 0 Å². The molecule has 4 heteroatoms. The second kappa shape index (κ2) is 4.09. The van der Waals surface area contributed by atoms with Crippen LogP contribution in [0.2, 0.25) is 0 Å². The third-order valence-corrected chi connectivity index (χ3v) is 1.58. The summed E-state index contributed by atoms with van der Waals surface area (Å²) in [6.45, 7) is 6.92. The summed E-state index contributed by atoms with van der Waals surface area (Å²) in [5.74, 6) is 0. The number of anilines is 1. The highest BCUT2D eigenvalue weighted by atomic mass is 16.4. The topological polar surface area (TPSA) is 55.3 Å². The number of hydrogen-bond acceptors (Lipinski definition) is 4. The largest absolute Gasteiger partial charge is 0.432 e. The van der Waals surface area contributed by atoms with Gasteiger partial charge in [-0.2, -0.15) is 4.98 Å². The smallest absolute Gasteiger partial charge is 0.297 e. The van der Waals surface area contributed by atoms with Gasteiger partial charge >= 0.3 is 0 Å². The van der Waals surface area contributed by atoms with Gasteiger partial charge in [0, 0.05) is 20.1 Å². The molecule has 72 valence electrons. The zero-order chi connectivity index (χ0) is 9.84. The van der Waals surface area contributed by atoms with Gasteiger partial charge in [0.15, 0.2) is 0 Å². The molecule has 0 aliphatic rings. The SMILES string of the molecule is C=C(C)CN(C)c1nc(CN)co1. The summed E-state index contributed by atoms with van der Waals surface area (Å²) in [6, 6.07) is 0.587. The Morgan fingerprint density at radius 1 is 1.77 bits per heavy atom. The quantitative estimate of drug-likeness (QED) is 0.708. The molecule has 13 heavy (non-hydrogen) atoms. The van der Waals surface area contributed by atoms with Crippen molar-refractivity contribution in [3.63, 3.8) is 0 Å². The van der Waals surface area contributed by atoms with Gasteiger partial charge in [-0.25, -0.2) is 0 Å². The number of nitrogens with two attached hydrogens (primary N) is 1. The summed E-state index contributed by atoms with van der Waals surface area (Å²) < 4.78 is 5.21. The van der Waals surface area contributed by atoms with E-state index >= 15 is 0 Å². The molecule has 1 aromatic rings. The molecule has 2 N–H and O–H groups in total. The highest BCUT2D eigenvalue weighted by Crippen LogP contribution is 2.12. The summed E-state index contributed by atoms with van der Waals surface area (Å²) in [5.41, 5.74) is 7.24. The summed E-state index contributed by atoms with van der Waals surface area (Å²) in [6.07, 6.45) is 1.57. The molecular weight excluding hydrogens is 166 g/mol. The number of aromatic nitrogens is 1. The van der Waals surface area contributed by atoms with Crippen LogP contribution in [0.5, 0.6) is 0 Å². The van der Waals surface area contributed by atoms with Crippen LogP contribution in [-0.4, -0.2) is 18.6 Å². The minimum absolute atomic E-state index is 0.407. The van der Waals surface area contributed by atoms with Crippen molar-refractivity contribution in [3.8, 4) is 0 Å². The monoisotopic (exact) mass is 181 g/mol. The maximum absolute atomic E-state index is 5.41. The summed E-state index contributed by atoms with van der Waals surface area (Å²) >= 11 is 0. The van der Waals surface area contributed by atoms with Crippen LogP contribution in [0.1, 0.15) is 12.6 Å². The fourth-order valence-electron chi connectivity index (χ4n) is 1.04. The molecule has 1 rings (SSSR count). The van der Waals surface area contributed by atoms with E-state index in [9.17, 15) is 0 Å². The van der Waals surface area contributed by atoms with Crippen LogP contribution in [-0.2, 0) is 6.54 Å². The van der Waals surface area contributed by atoms with E-state index in [1.807, 2.05) is 18.9 Å². The van der Waals surface area contributed by atoms with E-state index in [4.69, 9.17) is 10.2 Å². The van der Waals surface area contributed by atoms with Crippen molar-refractivity contribution in [2.75, 3.05) is 18.5 Å². The van der Waals surface area contributed by atoms with Gasteiger partial charge in [0.05, 0.1) is 5.69 Å². The Kier molecular flexibility index (Phi) is 3.08. The number of likely N-dealkylation sites (N-methyl/N-ethyl adjacent to an activating group) is 1. The summed E-state index contributed by atoms with van der Waals surface area (Å²) in [4.78, 5) is 6.07. The lowest BCUT2D eigenvalue weighted by Crippen LogP contribution is -2.19. The Bertz CT molecular complexity index is 293. The van der Waals surface area contributed by atoms with Crippen molar-refractivity contribution in [3.05, 3.63) is 24.1 Å².